The van der Waals surface area contributed by atoms with E-state index in [1.807, 2.05) is 26.0 Å². The molecule has 1 aliphatic rings. The van der Waals surface area contributed by atoms with Crippen LogP contribution in [0, 0.1) is 18.8 Å². The number of rotatable bonds is 8. The summed E-state index contributed by atoms with van der Waals surface area (Å²) in [7, 11) is 0. The lowest BCUT2D eigenvalue weighted by Crippen LogP contribution is -2.33. The molecule has 24 heavy (non-hydrogen) atoms. The van der Waals surface area contributed by atoms with Crippen LogP contribution in [-0.4, -0.2) is 35.8 Å². The highest BCUT2D eigenvalue weighted by molar-refractivity contribution is 5.90. The van der Waals surface area contributed by atoms with Crippen LogP contribution in [0.4, 0.5) is 5.82 Å². The number of aryl methyl sites for hydroxylation is 1. The molecular weight excluding hydrogens is 308 g/mol. The molecule has 130 valence electrons. The standard InChI is InChI=1S/C17H24N4O3/c1-11-10-13(11)17(24)19-9-6-15(22)18-8-7-16(23)21-14-5-3-4-12(2)20-14/h3-5,11,13H,6-10H2,1-2H3,(H,18,22)(H,19,24)(H,20,21,23)/t11-,13-/m0/s1. The molecule has 0 saturated heterocycles. The predicted molar refractivity (Wildman–Crippen MR) is 90.1 cm³/mol. The number of pyridine rings is 1. The number of carbonyl (C=O) groups excluding carboxylic acids is 3. The zero-order valence-corrected chi connectivity index (χ0v) is 14.1. The molecule has 3 amide bonds. The molecule has 1 heterocycles. The average Bonchev–Trinajstić information content (AvgIpc) is 3.24. The number of carbonyl (C=O) groups is 3. The van der Waals surface area contributed by atoms with Crippen LogP contribution in [0.3, 0.4) is 0 Å². The zero-order chi connectivity index (χ0) is 17.5. The van der Waals surface area contributed by atoms with E-state index in [0.29, 0.717) is 18.3 Å². The Bertz CT molecular complexity index is 618. The van der Waals surface area contributed by atoms with Gasteiger partial charge in [0.15, 0.2) is 0 Å². The van der Waals surface area contributed by atoms with E-state index in [2.05, 4.69) is 20.9 Å². The molecule has 1 aromatic rings. The van der Waals surface area contributed by atoms with Crippen molar-refractivity contribution in [1.82, 2.24) is 15.6 Å². The van der Waals surface area contributed by atoms with Gasteiger partial charge in [-0.25, -0.2) is 4.98 Å². The van der Waals surface area contributed by atoms with Gasteiger partial charge in [0.1, 0.15) is 5.82 Å². The molecule has 0 spiro atoms. The Morgan fingerprint density at radius 1 is 1.12 bits per heavy atom. The van der Waals surface area contributed by atoms with Gasteiger partial charge in [-0.3, -0.25) is 14.4 Å². The van der Waals surface area contributed by atoms with Crippen molar-refractivity contribution in [3.63, 3.8) is 0 Å². The first-order valence-electron chi connectivity index (χ1n) is 8.23. The molecule has 1 fully saturated rings. The third kappa shape index (κ3) is 5.98. The van der Waals surface area contributed by atoms with E-state index in [0.717, 1.165) is 12.1 Å². The van der Waals surface area contributed by atoms with Crippen molar-refractivity contribution in [2.45, 2.75) is 33.1 Å². The Morgan fingerprint density at radius 3 is 2.46 bits per heavy atom. The first-order valence-corrected chi connectivity index (χ1v) is 8.23. The van der Waals surface area contributed by atoms with Gasteiger partial charge in [-0.05, 0) is 31.4 Å². The minimum Gasteiger partial charge on any atom is -0.356 e. The number of hydrogen-bond donors (Lipinski definition) is 3. The number of nitrogens with one attached hydrogen (secondary N) is 3. The van der Waals surface area contributed by atoms with Crippen LogP contribution in [0.1, 0.15) is 31.9 Å². The fourth-order valence-electron chi connectivity index (χ4n) is 2.34. The van der Waals surface area contributed by atoms with E-state index in [9.17, 15) is 14.4 Å². The van der Waals surface area contributed by atoms with Crippen molar-refractivity contribution in [2.24, 2.45) is 11.8 Å². The van der Waals surface area contributed by atoms with E-state index >= 15 is 0 Å². The van der Waals surface area contributed by atoms with Gasteiger partial charge >= 0.3 is 0 Å². The van der Waals surface area contributed by atoms with E-state index in [1.54, 1.807) is 6.07 Å². The van der Waals surface area contributed by atoms with Crippen molar-refractivity contribution in [2.75, 3.05) is 18.4 Å². The maximum Gasteiger partial charge on any atom is 0.227 e. The molecule has 7 nitrogen and oxygen atoms in total. The largest absolute Gasteiger partial charge is 0.356 e. The fourth-order valence-corrected chi connectivity index (χ4v) is 2.34. The predicted octanol–water partition coefficient (Wildman–Crippen LogP) is 0.997. The summed E-state index contributed by atoms with van der Waals surface area (Å²) >= 11 is 0. The molecule has 0 bridgehead atoms. The fraction of sp³-hybridized carbons (Fsp3) is 0.529. The van der Waals surface area contributed by atoms with Gasteiger partial charge in [-0.2, -0.15) is 0 Å². The summed E-state index contributed by atoms with van der Waals surface area (Å²) in [6.45, 7) is 4.46. The maximum atomic E-state index is 11.8. The SMILES string of the molecule is Cc1cccc(NC(=O)CCNC(=O)CCNC(=O)[C@H]2C[C@@H]2C)n1. The minimum absolute atomic E-state index is 0.0281. The van der Waals surface area contributed by atoms with E-state index in [1.165, 1.54) is 0 Å². The van der Waals surface area contributed by atoms with Crippen LogP contribution in [0.2, 0.25) is 0 Å². The first kappa shape index (κ1) is 17.9. The van der Waals surface area contributed by atoms with Crippen LogP contribution < -0.4 is 16.0 Å². The summed E-state index contributed by atoms with van der Waals surface area (Å²) < 4.78 is 0. The van der Waals surface area contributed by atoms with Crippen molar-refractivity contribution in [1.29, 1.82) is 0 Å². The molecule has 2 rings (SSSR count). The third-order valence-electron chi connectivity index (χ3n) is 3.93. The van der Waals surface area contributed by atoms with Crippen LogP contribution in [0.25, 0.3) is 0 Å². The van der Waals surface area contributed by atoms with Gasteiger partial charge in [0, 0.05) is 37.5 Å². The quantitative estimate of drug-likeness (QED) is 0.661. The highest BCUT2D eigenvalue weighted by Gasteiger charge is 2.38. The molecule has 7 heteroatoms. The van der Waals surface area contributed by atoms with Crippen LogP contribution in [-0.2, 0) is 14.4 Å². The van der Waals surface area contributed by atoms with Gasteiger partial charge in [-0.15, -0.1) is 0 Å². The lowest BCUT2D eigenvalue weighted by atomic mass is 10.3. The zero-order valence-electron chi connectivity index (χ0n) is 14.1. The smallest absolute Gasteiger partial charge is 0.227 e. The summed E-state index contributed by atoms with van der Waals surface area (Å²) in [5.74, 6) is 0.723. The topological polar surface area (TPSA) is 100 Å². The van der Waals surface area contributed by atoms with Gasteiger partial charge in [0.05, 0.1) is 0 Å². The third-order valence-corrected chi connectivity index (χ3v) is 3.93. The molecular formula is C17H24N4O3. The molecule has 1 aromatic heterocycles. The van der Waals surface area contributed by atoms with Gasteiger partial charge < -0.3 is 16.0 Å². The van der Waals surface area contributed by atoms with Crippen molar-refractivity contribution < 1.29 is 14.4 Å². The molecule has 2 atom stereocenters. The molecule has 3 N–H and O–H groups in total. The highest BCUT2D eigenvalue weighted by atomic mass is 16.2. The Labute approximate surface area is 141 Å². The van der Waals surface area contributed by atoms with Crippen LogP contribution in [0.15, 0.2) is 18.2 Å². The lowest BCUT2D eigenvalue weighted by Gasteiger charge is -2.07. The molecule has 0 aliphatic heterocycles. The van der Waals surface area contributed by atoms with Crippen molar-refractivity contribution in [3.05, 3.63) is 23.9 Å². The van der Waals surface area contributed by atoms with Crippen LogP contribution >= 0.6 is 0 Å². The Kier molecular flexibility index (Phi) is 6.28. The summed E-state index contributed by atoms with van der Waals surface area (Å²) in [4.78, 5) is 39.2. The molecule has 0 radical (unpaired) electrons. The first-order chi connectivity index (χ1) is 11.5. The number of amides is 3. The average molecular weight is 332 g/mol. The normalized spacial score (nSPS) is 18.6. The number of nitrogens with zero attached hydrogens (tertiary/aromatic N) is 1. The Morgan fingerprint density at radius 2 is 1.79 bits per heavy atom. The Balaban J connectivity index is 1.55. The second-order valence-electron chi connectivity index (χ2n) is 6.17. The van der Waals surface area contributed by atoms with Crippen LogP contribution in [0.5, 0.6) is 0 Å². The summed E-state index contributed by atoms with van der Waals surface area (Å²) in [5, 5.41) is 8.10. The Hall–Kier alpha value is -2.44. The van der Waals surface area contributed by atoms with E-state index < -0.39 is 0 Å². The maximum absolute atomic E-state index is 11.8. The number of hydrogen-bond acceptors (Lipinski definition) is 4. The molecule has 0 aromatic carbocycles. The highest BCUT2D eigenvalue weighted by Crippen LogP contribution is 2.37. The number of anilines is 1. The number of aromatic nitrogens is 1. The summed E-state index contributed by atoms with van der Waals surface area (Å²) in [6, 6.07) is 5.38. The monoisotopic (exact) mass is 332 g/mol. The molecule has 1 aliphatic carbocycles. The summed E-state index contributed by atoms with van der Waals surface area (Å²) in [5.41, 5.74) is 0.823. The van der Waals surface area contributed by atoms with E-state index in [-0.39, 0.29) is 43.0 Å². The lowest BCUT2D eigenvalue weighted by molar-refractivity contribution is -0.123. The van der Waals surface area contributed by atoms with Gasteiger partial charge in [0.25, 0.3) is 0 Å². The second-order valence-corrected chi connectivity index (χ2v) is 6.17. The van der Waals surface area contributed by atoms with E-state index in [4.69, 9.17) is 0 Å². The molecule has 0 unspecified atom stereocenters. The van der Waals surface area contributed by atoms with Gasteiger partial charge in [-0.1, -0.05) is 13.0 Å². The van der Waals surface area contributed by atoms with Gasteiger partial charge in [0.2, 0.25) is 17.7 Å². The minimum atomic E-state index is -0.204. The summed E-state index contributed by atoms with van der Waals surface area (Å²) in [6.07, 6.45) is 1.32. The molecule has 1 saturated carbocycles. The van der Waals surface area contributed by atoms with Crippen molar-refractivity contribution in [3.8, 4) is 0 Å². The second kappa shape index (κ2) is 8.42. The van der Waals surface area contributed by atoms with Crippen molar-refractivity contribution >= 4 is 23.5 Å².